The number of aromatic nitrogens is 2. The highest BCUT2D eigenvalue weighted by Gasteiger charge is 2.49. The first-order chi connectivity index (χ1) is 11.0. The Labute approximate surface area is 134 Å². The topological polar surface area (TPSA) is 67.2 Å². The quantitative estimate of drug-likeness (QED) is 0.877. The van der Waals surface area contributed by atoms with Crippen LogP contribution in [0.2, 0.25) is 0 Å². The Kier molecular flexibility index (Phi) is 3.73. The molecule has 0 radical (unpaired) electrons. The molecular formula is C17H18N4O2. The molecule has 6 nitrogen and oxygen atoms in total. The number of carbonyl (C=O) groups is 2. The van der Waals surface area contributed by atoms with E-state index in [1.165, 1.54) is 4.90 Å². The molecule has 1 unspecified atom stereocenters. The number of nitrogens with one attached hydrogen (secondary N) is 1. The van der Waals surface area contributed by atoms with E-state index in [1.807, 2.05) is 42.5 Å². The summed E-state index contributed by atoms with van der Waals surface area (Å²) in [6.07, 6.45) is 7.03. The second-order valence-corrected chi connectivity index (χ2v) is 5.69. The highest BCUT2D eigenvalue weighted by molar-refractivity contribution is 6.07. The highest BCUT2D eigenvalue weighted by atomic mass is 16.2. The van der Waals surface area contributed by atoms with Gasteiger partial charge in [0.05, 0.1) is 6.20 Å². The van der Waals surface area contributed by atoms with Crippen LogP contribution in [0, 0.1) is 0 Å². The Morgan fingerprint density at radius 2 is 2.00 bits per heavy atom. The number of nitrogens with zero attached hydrogens (tertiary/aromatic N) is 3. The van der Waals surface area contributed by atoms with Crippen LogP contribution in [0.1, 0.15) is 18.1 Å². The Hall–Kier alpha value is -2.89. The normalized spacial score (nSPS) is 21.2. The predicted molar refractivity (Wildman–Crippen MR) is 86.3 cm³/mol. The first-order valence-electron chi connectivity index (χ1n) is 7.35. The molecule has 0 spiro atoms. The van der Waals surface area contributed by atoms with Crippen molar-refractivity contribution >= 4 is 18.0 Å². The summed E-state index contributed by atoms with van der Waals surface area (Å²) >= 11 is 0. The molecule has 6 heteroatoms. The number of carbonyl (C=O) groups excluding carboxylic acids is 2. The molecule has 23 heavy (non-hydrogen) atoms. The minimum atomic E-state index is -1.06. The average Bonchev–Trinajstić information content (AvgIpc) is 3.06. The van der Waals surface area contributed by atoms with Crippen LogP contribution in [0.4, 0.5) is 4.79 Å². The van der Waals surface area contributed by atoms with Gasteiger partial charge in [-0.3, -0.25) is 14.4 Å². The van der Waals surface area contributed by atoms with Gasteiger partial charge in [-0.2, -0.15) is 5.10 Å². The van der Waals surface area contributed by atoms with Gasteiger partial charge in [0.2, 0.25) is 0 Å². The molecule has 1 aliphatic rings. The SMILES string of the molecule is Cn1cc(C2(C)NC(=O)N(CC=Cc3ccccc3)C2=O)cn1. The van der Waals surface area contributed by atoms with Crippen molar-refractivity contribution in [1.29, 1.82) is 0 Å². The summed E-state index contributed by atoms with van der Waals surface area (Å²) in [5, 5.41) is 6.83. The summed E-state index contributed by atoms with van der Waals surface area (Å²) in [6.45, 7) is 1.93. The van der Waals surface area contributed by atoms with Gasteiger partial charge in [0.1, 0.15) is 5.54 Å². The number of urea groups is 1. The van der Waals surface area contributed by atoms with E-state index in [2.05, 4.69) is 10.4 Å². The fourth-order valence-corrected chi connectivity index (χ4v) is 2.60. The van der Waals surface area contributed by atoms with E-state index in [9.17, 15) is 9.59 Å². The van der Waals surface area contributed by atoms with E-state index in [4.69, 9.17) is 0 Å². The maximum atomic E-state index is 12.7. The summed E-state index contributed by atoms with van der Waals surface area (Å²) in [6, 6.07) is 9.34. The van der Waals surface area contributed by atoms with Crippen LogP contribution in [0.5, 0.6) is 0 Å². The zero-order chi connectivity index (χ0) is 16.4. The van der Waals surface area contributed by atoms with Gasteiger partial charge in [-0.25, -0.2) is 4.79 Å². The molecule has 0 saturated carbocycles. The van der Waals surface area contributed by atoms with Crippen LogP contribution in [0.15, 0.2) is 48.8 Å². The minimum absolute atomic E-state index is 0.232. The van der Waals surface area contributed by atoms with Crippen molar-refractivity contribution in [2.75, 3.05) is 6.54 Å². The van der Waals surface area contributed by atoms with Gasteiger partial charge < -0.3 is 5.32 Å². The number of rotatable bonds is 4. The van der Waals surface area contributed by atoms with Crippen LogP contribution < -0.4 is 5.32 Å². The van der Waals surface area contributed by atoms with Crippen molar-refractivity contribution in [2.24, 2.45) is 7.05 Å². The molecule has 0 aliphatic carbocycles. The monoisotopic (exact) mass is 310 g/mol. The molecule has 2 heterocycles. The summed E-state index contributed by atoms with van der Waals surface area (Å²) in [7, 11) is 1.77. The Bertz CT molecular complexity index is 766. The molecule has 3 amide bonds. The maximum absolute atomic E-state index is 12.7. The van der Waals surface area contributed by atoms with Crippen molar-refractivity contribution in [3.63, 3.8) is 0 Å². The smallest absolute Gasteiger partial charge is 0.319 e. The minimum Gasteiger partial charge on any atom is -0.319 e. The zero-order valence-electron chi connectivity index (χ0n) is 13.1. The first-order valence-corrected chi connectivity index (χ1v) is 7.35. The van der Waals surface area contributed by atoms with Crippen LogP contribution in [-0.4, -0.2) is 33.2 Å². The van der Waals surface area contributed by atoms with Crippen molar-refractivity contribution in [1.82, 2.24) is 20.0 Å². The van der Waals surface area contributed by atoms with Gasteiger partial charge in [-0.15, -0.1) is 0 Å². The Morgan fingerprint density at radius 1 is 1.26 bits per heavy atom. The lowest BCUT2D eigenvalue weighted by atomic mass is 9.95. The first kappa shape index (κ1) is 15.0. The second kappa shape index (κ2) is 5.72. The third-order valence-electron chi connectivity index (χ3n) is 3.96. The Morgan fingerprint density at radius 3 is 2.65 bits per heavy atom. The van der Waals surface area contributed by atoms with Crippen molar-refractivity contribution in [3.8, 4) is 0 Å². The Balaban J connectivity index is 1.75. The molecule has 1 N–H and O–H groups in total. The zero-order valence-corrected chi connectivity index (χ0v) is 13.1. The van der Waals surface area contributed by atoms with Gasteiger partial charge in [0.15, 0.2) is 0 Å². The lowest BCUT2D eigenvalue weighted by molar-refractivity contribution is -0.130. The van der Waals surface area contributed by atoms with Crippen LogP contribution in [0.3, 0.4) is 0 Å². The summed E-state index contributed by atoms with van der Waals surface area (Å²) in [4.78, 5) is 26.0. The van der Waals surface area contributed by atoms with E-state index in [0.717, 1.165) is 5.56 Å². The number of amides is 3. The number of imide groups is 1. The van der Waals surface area contributed by atoms with Gasteiger partial charge in [-0.1, -0.05) is 42.5 Å². The summed E-state index contributed by atoms with van der Waals surface area (Å²) in [5.74, 6) is -0.270. The van der Waals surface area contributed by atoms with Crippen LogP contribution in [-0.2, 0) is 17.4 Å². The molecule has 1 aromatic carbocycles. The molecule has 1 aliphatic heterocycles. The molecular weight excluding hydrogens is 292 g/mol. The van der Waals surface area contributed by atoms with Crippen LogP contribution in [0.25, 0.3) is 6.08 Å². The third-order valence-corrected chi connectivity index (χ3v) is 3.96. The molecule has 118 valence electrons. The second-order valence-electron chi connectivity index (χ2n) is 5.69. The van der Waals surface area contributed by atoms with E-state index in [1.54, 1.807) is 31.0 Å². The number of benzene rings is 1. The van der Waals surface area contributed by atoms with E-state index in [0.29, 0.717) is 5.56 Å². The summed E-state index contributed by atoms with van der Waals surface area (Å²) in [5.41, 5.74) is 0.633. The number of hydrogen-bond donors (Lipinski definition) is 1. The van der Waals surface area contributed by atoms with Crippen molar-refractivity contribution < 1.29 is 9.59 Å². The lowest BCUT2D eigenvalue weighted by Crippen LogP contribution is -2.40. The van der Waals surface area contributed by atoms with Gasteiger partial charge in [0, 0.05) is 25.4 Å². The highest BCUT2D eigenvalue weighted by Crippen LogP contribution is 2.28. The molecule has 1 fully saturated rings. The standard InChI is InChI=1S/C17H18N4O2/c1-17(14-11-18-20(2)12-14)15(22)21(16(23)19-17)10-6-9-13-7-4-3-5-8-13/h3-9,11-12H,10H2,1-2H3,(H,19,23). The van der Waals surface area contributed by atoms with Gasteiger partial charge >= 0.3 is 6.03 Å². The van der Waals surface area contributed by atoms with Gasteiger partial charge in [0.25, 0.3) is 5.91 Å². The van der Waals surface area contributed by atoms with Crippen molar-refractivity contribution in [3.05, 3.63) is 59.9 Å². The summed E-state index contributed by atoms with van der Waals surface area (Å²) < 4.78 is 1.61. The fourth-order valence-electron chi connectivity index (χ4n) is 2.60. The molecule has 1 aromatic heterocycles. The number of hydrogen-bond acceptors (Lipinski definition) is 3. The molecule has 3 rings (SSSR count). The fraction of sp³-hybridized carbons (Fsp3) is 0.235. The third kappa shape index (κ3) is 2.75. The van der Waals surface area contributed by atoms with E-state index < -0.39 is 5.54 Å². The largest absolute Gasteiger partial charge is 0.325 e. The average molecular weight is 310 g/mol. The molecule has 0 bridgehead atoms. The predicted octanol–water partition coefficient (Wildman–Crippen LogP) is 1.90. The lowest BCUT2D eigenvalue weighted by Gasteiger charge is -2.19. The van der Waals surface area contributed by atoms with E-state index >= 15 is 0 Å². The molecule has 1 atom stereocenters. The van der Waals surface area contributed by atoms with Crippen LogP contribution >= 0.6 is 0 Å². The molecule has 1 saturated heterocycles. The van der Waals surface area contributed by atoms with E-state index in [-0.39, 0.29) is 18.5 Å². The van der Waals surface area contributed by atoms with Gasteiger partial charge in [-0.05, 0) is 12.5 Å². The van der Waals surface area contributed by atoms with Crippen molar-refractivity contribution in [2.45, 2.75) is 12.5 Å². The number of aryl methyl sites for hydroxylation is 1. The molecule has 2 aromatic rings. The maximum Gasteiger partial charge on any atom is 0.325 e.